The van der Waals surface area contributed by atoms with Gasteiger partial charge in [0.25, 0.3) is 0 Å². The van der Waals surface area contributed by atoms with E-state index in [1.807, 2.05) is 0 Å². The fourth-order valence-electron chi connectivity index (χ4n) is 1.56. The molecule has 0 saturated carbocycles. The Bertz CT molecular complexity index is 563. The number of carboxylic acids is 1. The lowest BCUT2D eigenvalue weighted by Gasteiger charge is -2.20. The molecule has 3 N–H and O–H groups in total. The molecular formula is C13H14F2N2O4. The Morgan fingerprint density at radius 1 is 1.33 bits per heavy atom. The van der Waals surface area contributed by atoms with Gasteiger partial charge in [0.1, 0.15) is 11.6 Å². The van der Waals surface area contributed by atoms with Crippen molar-refractivity contribution in [3.63, 3.8) is 0 Å². The van der Waals surface area contributed by atoms with Gasteiger partial charge in [0.15, 0.2) is 0 Å². The topological polar surface area (TPSA) is 89.9 Å². The Morgan fingerprint density at radius 3 is 2.52 bits per heavy atom. The van der Waals surface area contributed by atoms with Gasteiger partial charge in [-0.25, -0.2) is 18.4 Å². The molecule has 1 aromatic carbocycles. The van der Waals surface area contributed by atoms with Crippen LogP contribution in [0.25, 0.3) is 0 Å². The number of halogens is 2. The van der Waals surface area contributed by atoms with E-state index in [1.165, 1.54) is 6.08 Å². The van der Waals surface area contributed by atoms with Crippen LogP contribution in [0.5, 0.6) is 0 Å². The van der Waals surface area contributed by atoms with Crippen LogP contribution in [0.3, 0.4) is 0 Å². The lowest BCUT2D eigenvalue weighted by molar-refractivity contribution is 0.0691. The van der Waals surface area contributed by atoms with E-state index in [2.05, 4.69) is 11.9 Å². The zero-order valence-corrected chi connectivity index (χ0v) is 11.0. The number of nitrogens with zero attached hydrogens (tertiary/aromatic N) is 1. The van der Waals surface area contributed by atoms with Crippen molar-refractivity contribution in [1.82, 2.24) is 4.90 Å². The quantitative estimate of drug-likeness (QED) is 0.697. The summed E-state index contributed by atoms with van der Waals surface area (Å²) < 4.78 is 26.8. The molecule has 0 aliphatic heterocycles. The van der Waals surface area contributed by atoms with Gasteiger partial charge in [0, 0.05) is 19.2 Å². The number of carbonyl (C=O) groups excluding carboxylic acids is 1. The molecule has 2 amide bonds. The summed E-state index contributed by atoms with van der Waals surface area (Å²) in [5.41, 5.74) is -1.23. The number of nitrogens with one attached hydrogen (secondary N) is 1. The summed E-state index contributed by atoms with van der Waals surface area (Å²) in [6, 6.07) is 0.296. The second kappa shape index (κ2) is 7.34. The van der Waals surface area contributed by atoms with Gasteiger partial charge < -0.3 is 20.4 Å². The molecule has 21 heavy (non-hydrogen) atoms. The number of carboxylic acid groups (broad SMARTS) is 1. The van der Waals surface area contributed by atoms with E-state index in [1.54, 1.807) is 0 Å². The second-order valence-corrected chi connectivity index (χ2v) is 4.01. The lowest BCUT2D eigenvalue weighted by atomic mass is 10.2. The monoisotopic (exact) mass is 300 g/mol. The number of amides is 2. The first-order valence-electron chi connectivity index (χ1n) is 5.90. The minimum absolute atomic E-state index is 0.0214. The zero-order chi connectivity index (χ0) is 16.0. The summed E-state index contributed by atoms with van der Waals surface area (Å²) in [5.74, 6) is -3.92. The van der Waals surface area contributed by atoms with E-state index in [9.17, 15) is 18.4 Å². The van der Waals surface area contributed by atoms with Gasteiger partial charge in [-0.2, -0.15) is 0 Å². The third-order valence-corrected chi connectivity index (χ3v) is 2.54. The van der Waals surface area contributed by atoms with Crippen molar-refractivity contribution in [3.05, 3.63) is 42.0 Å². The van der Waals surface area contributed by atoms with E-state index in [0.717, 1.165) is 4.90 Å². The molecule has 1 aromatic rings. The van der Waals surface area contributed by atoms with Crippen molar-refractivity contribution >= 4 is 17.7 Å². The van der Waals surface area contributed by atoms with Crippen molar-refractivity contribution in [2.75, 3.05) is 25.0 Å². The van der Waals surface area contributed by atoms with E-state index in [-0.39, 0.29) is 19.7 Å². The number of aliphatic hydroxyl groups excluding tert-OH is 1. The van der Waals surface area contributed by atoms with Crippen molar-refractivity contribution in [3.8, 4) is 0 Å². The average Bonchev–Trinajstić information content (AvgIpc) is 2.41. The van der Waals surface area contributed by atoms with E-state index in [4.69, 9.17) is 10.2 Å². The SMILES string of the molecule is C=CCN(CCO)C(=O)Nc1cc(C(=O)O)c(F)cc1F. The van der Waals surface area contributed by atoms with Gasteiger partial charge in [-0.3, -0.25) is 0 Å². The molecule has 0 spiro atoms. The highest BCUT2D eigenvalue weighted by molar-refractivity contribution is 5.93. The molecule has 0 radical (unpaired) electrons. The van der Waals surface area contributed by atoms with Crippen LogP contribution >= 0.6 is 0 Å². The van der Waals surface area contributed by atoms with Crippen LogP contribution in [-0.4, -0.2) is 46.8 Å². The molecule has 0 atom stereocenters. The maximum Gasteiger partial charge on any atom is 0.338 e. The lowest BCUT2D eigenvalue weighted by Crippen LogP contribution is -2.37. The zero-order valence-electron chi connectivity index (χ0n) is 11.0. The van der Waals surface area contributed by atoms with Crippen molar-refractivity contribution in [2.45, 2.75) is 0 Å². The molecule has 0 aliphatic carbocycles. The number of anilines is 1. The maximum atomic E-state index is 13.6. The van der Waals surface area contributed by atoms with Crippen LogP contribution in [0.4, 0.5) is 19.3 Å². The van der Waals surface area contributed by atoms with Crippen molar-refractivity contribution in [1.29, 1.82) is 0 Å². The summed E-state index contributed by atoms with van der Waals surface area (Å²) in [5, 5.41) is 19.7. The minimum atomic E-state index is -1.58. The Morgan fingerprint density at radius 2 is 2.00 bits per heavy atom. The summed E-state index contributed by atoms with van der Waals surface area (Å²) >= 11 is 0. The molecule has 0 bridgehead atoms. The first kappa shape index (κ1) is 16.6. The maximum absolute atomic E-state index is 13.6. The molecule has 114 valence electrons. The van der Waals surface area contributed by atoms with E-state index < -0.39 is 34.9 Å². The van der Waals surface area contributed by atoms with E-state index in [0.29, 0.717) is 12.1 Å². The largest absolute Gasteiger partial charge is 0.478 e. The van der Waals surface area contributed by atoms with Gasteiger partial charge in [0.2, 0.25) is 0 Å². The average molecular weight is 300 g/mol. The Kier molecular flexibility index (Phi) is 5.79. The fraction of sp³-hybridized carbons (Fsp3) is 0.231. The Hall–Kier alpha value is -2.48. The minimum Gasteiger partial charge on any atom is -0.478 e. The molecule has 0 fully saturated rings. The normalized spacial score (nSPS) is 10.0. The Labute approximate surface area is 119 Å². The summed E-state index contributed by atoms with van der Waals surface area (Å²) in [6.45, 7) is 3.20. The highest BCUT2D eigenvalue weighted by Crippen LogP contribution is 2.20. The van der Waals surface area contributed by atoms with Crippen molar-refractivity contribution < 1.29 is 28.6 Å². The molecule has 8 heteroatoms. The number of carbonyl (C=O) groups is 2. The highest BCUT2D eigenvalue weighted by atomic mass is 19.1. The second-order valence-electron chi connectivity index (χ2n) is 4.01. The first-order valence-corrected chi connectivity index (χ1v) is 5.90. The van der Waals surface area contributed by atoms with Crippen molar-refractivity contribution in [2.24, 2.45) is 0 Å². The number of hydrogen-bond acceptors (Lipinski definition) is 3. The third-order valence-electron chi connectivity index (χ3n) is 2.54. The van der Waals surface area contributed by atoms with Crippen LogP contribution in [0.2, 0.25) is 0 Å². The fourth-order valence-corrected chi connectivity index (χ4v) is 1.56. The number of aliphatic hydroxyl groups is 1. The number of urea groups is 1. The third kappa shape index (κ3) is 4.25. The molecule has 0 aromatic heterocycles. The molecule has 6 nitrogen and oxygen atoms in total. The summed E-state index contributed by atoms with van der Waals surface area (Å²) in [4.78, 5) is 23.8. The standard InChI is InChI=1S/C13H14F2N2O4/c1-2-3-17(4-5-18)13(21)16-11-6-8(12(19)20)9(14)7-10(11)15/h2,6-7,18H,1,3-5H2,(H,16,21)(H,19,20). The van der Waals surface area contributed by atoms with E-state index >= 15 is 0 Å². The van der Waals surface area contributed by atoms with Crippen LogP contribution < -0.4 is 5.32 Å². The van der Waals surface area contributed by atoms with Crippen LogP contribution in [0.1, 0.15) is 10.4 Å². The van der Waals surface area contributed by atoms with Gasteiger partial charge in [-0.1, -0.05) is 6.08 Å². The number of aromatic carboxylic acids is 1. The molecule has 1 rings (SSSR count). The predicted molar refractivity (Wildman–Crippen MR) is 71.2 cm³/mol. The van der Waals surface area contributed by atoms with Crippen LogP contribution in [-0.2, 0) is 0 Å². The number of benzene rings is 1. The molecule has 0 unspecified atom stereocenters. The van der Waals surface area contributed by atoms with Gasteiger partial charge in [0.05, 0.1) is 17.9 Å². The first-order chi connectivity index (χ1) is 9.90. The smallest absolute Gasteiger partial charge is 0.338 e. The number of hydrogen-bond donors (Lipinski definition) is 3. The summed E-state index contributed by atoms with van der Waals surface area (Å²) in [7, 11) is 0. The van der Waals surface area contributed by atoms with Gasteiger partial charge in [-0.05, 0) is 6.07 Å². The van der Waals surface area contributed by atoms with Gasteiger partial charge in [-0.15, -0.1) is 6.58 Å². The van der Waals surface area contributed by atoms with Crippen LogP contribution in [0.15, 0.2) is 24.8 Å². The molecule has 0 heterocycles. The predicted octanol–water partition coefficient (Wildman–Crippen LogP) is 1.68. The molecular weight excluding hydrogens is 286 g/mol. The van der Waals surface area contributed by atoms with Gasteiger partial charge >= 0.3 is 12.0 Å². The molecule has 0 aliphatic rings. The van der Waals surface area contributed by atoms with Crippen LogP contribution in [0, 0.1) is 11.6 Å². The molecule has 0 saturated heterocycles. The number of rotatable bonds is 6. The Balaban J connectivity index is 3.00. The summed E-state index contributed by atoms with van der Waals surface area (Å²) in [6.07, 6.45) is 1.40. The highest BCUT2D eigenvalue weighted by Gasteiger charge is 2.18.